The maximum Gasteiger partial charge on any atom is 0.243 e. The molecule has 0 saturated heterocycles. The summed E-state index contributed by atoms with van der Waals surface area (Å²) >= 11 is 18.5. The molecule has 0 radical (unpaired) electrons. The Hall–Kier alpha value is -1.84. The summed E-state index contributed by atoms with van der Waals surface area (Å²) in [6.07, 6.45) is 0.311. The molecule has 2 amide bonds. The summed E-state index contributed by atoms with van der Waals surface area (Å²) in [4.78, 5) is 27.8. The van der Waals surface area contributed by atoms with Crippen LogP contribution >= 0.6 is 34.8 Å². The number of amides is 2. The summed E-state index contributed by atoms with van der Waals surface area (Å²) < 4.78 is 27.0. The molecule has 0 spiro atoms. The molecule has 0 aliphatic carbocycles. The molecule has 2 rings (SSSR count). The molecule has 0 aliphatic heterocycles. The van der Waals surface area contributed by atoms with Gasteiger partial charge in [0.2, 0.25) is 21.8 Å². The number of carbonyl (C=O) groups is 2. The predicted molar refractivity (Wildman–Crippen MR) is 140 cm³/mol. The van der Waals surface area contributed by atoms with Gasteiger partial charge in [0.25, 0.3) is 0 Å². The normalized spacial score (nSPS) is 12.6. The van der Waals surface area contributed by atoms with Crippen molar-refractivity contribution < 1.29 is 18.0 Å². The molecule has 192 valence electrons. The summed E-state index contributed by atoms with van der Waals surface area (Å²) in [5, 5.41) is 3.93. The van der Waals surface area contributed by atoms with Crippen LogP contribution in [0.4, 0.5) is 0 Å². The van der Waals surface area contributed by atoms with Crippen molar-refractivity contribution in [2.24, 2.45) is 5.92 Å². The smallest absolute Gasteiger partial charge is 0.243 e. The number of hydrogen-bond acceptors (Lipinski definition) is 4. The Balaban J connectivity index is 2.37. The van der Waals surface area contributed by atoms with E-state index in [0.717, 1.165) is 4.31 Å². The van der Waals surface area contributed by atoms with Crippen LogP contribution in [0.25, 0.3) is 0 Å². The predicted octanol–water partition coefficient (Wildman–Crippen LogP) is 4.85. The Morgan fingerprint density at radius 3 is 2.09 bits per heavy atom. The van der Waals surface area contributed by atoms with E-state index in [1.807, 2.05) is 13.8 Å². The highest BCUT2D eigenvalue weighted by atomic mass is 35.5. The van der Waals surface area contributed by atoms with Crippen molar-refractivity contribution in [3.05, 3.63) is 63.1 Å². The first kappa shape index (κ1) is 29.4. The fraction of sp³-hybridized carbons (Fsp3) is 0.417. The van der Waals surface area contributed by atoms with Gasteiger partial charge in [-0.3, -0.25) is 9.59 Å². The number of rotatable bonds is 11. The van der Waals surface area contributed by atoms with Crippen molar-refractivity contribution in [1.82, 2.24) is 14.5 Å². The van der Waals surface area contributed by atoms with Crippen molar-refractivity contribution >= 4 is 56.6 Å². The first-order chi connectivity index (χ1) is 16.4. The van der Waals surface area contributed by atoms with E-state index in [2.05, 4.69) is 5.32 Å². The van der Waals surface area contributed by atoms with E-state index >= 15 is 0 Å². The van der Waals surface area contributed by atoms with Crippen molar-refractivity contribution in [3.8, 4) is 0 Å². The average molecular weight is 563 g/mol. The molecule has 11 heteroatoms. The second kappa shape index (κ2) is 12.9. The number of benzene rings is 2. The van der Waals surface area contributed by atoms with Crippen LogP contribution in [0.15, 0.2) is 47.4 Å². The number of sulfonamides is 1. The second-order valence-electron chi connectivity index (χ2n) is 8.50. The Morgan fingerprint density at radius 1 is 1.00 bits per heavy atom. The van der Waals surface area contributed by atoms with E-state index in [1.165, 1.54) is 36.2 Å². The first-order valence-corrected chi connectivity index (χ1v) is 13.7. The lowest BCUT2D eigenvalue weighted by atomic mass is 10.1. The molecule has 0 heterocycles. The van der Waals surface area contributed by atoms with Gasteiger partial charge in [0.15, 0.2) is 0 Å². The lowest BCUT2D eigenvalue weighted by molar-refractivity contribution is -0.141. The largest absolute Gasteiger partial charge is 0.354 e. The van der Waals surface area contributed by atoms with Crippen LogP contribution in [0, 0.1) is 5.92 Å². The highest BCUT2D eigenvalue weighted by Gasteiger charge is 2.32. The van der Waals surface area contributed by atoms with E-state index in [-0.39, 0.29) is 23.3 Å². The molecule has 2 aromatic rings. The zero-order valence-electron chi connectivity index (χ0n) is 20.1. The quantitative estimate of drug-likeness (QED) is 0.424. The number of hydrogen-bond donors (Lipinski definition) is 1. The molecule has 1 atom stereocenters. The van der Waals surface area contributed by atoms with Gasteiger partial charge in [-0.25, -0.2) is 8.42 Å². The monoisotopic (exact) mass is 561 g/mol. The van der Waals surface area contributed by atoms with E-state index in [1.54, 1.807) is 25.1 Å². The molecular formula is C24H30Cl3N3O4S. The van der Waals surface area contributed by atoms with Gasteiger partial charge in [0, 0.05) is 40.8 Å². The van der Waals surface area contributed by atoms with Gasteiger partial charge in [-0.05, 0) is 48.7 Å². The molecular weight excluding hydrogens is 533 g/mol. The third-order valence-corrected chi connectivity index (χ3v) is 8.12. The maximum absolute atomic E-state index is 13.5. The van der Waals surface area contributed by atoms with Crippen LogP contribution in [0.1, 0.15) is 32.8 Å². The first-order valence-electron chi connectivity index (χ1n) is 11.1. The summed E-state index contributed by atoms with van der Waals surface area (Å²) in [6, 6.07) is 9.77. The molecule has 35 heavy (non-hydrogen) atoms. The highest BCUT2D eigenvalue weighted by molar-refractivity contribution is 7.89. The molecule has 2 aromatic carbocycles. The van der Waals surface area contributed by atoms with Gasteiger partial charge >= 0.3 is 0 Å². The van der Waals surface area contributed by atoms with Crippen molar-refractivity contribution in [3.63, 3.8) is 0 Å². The third-order valence-electron chi connectivity index (χ3n) is 5.34. The van der Waals surface area contributed by atoms with E-state index in [4.69, 9.17) is 34.8 Å². The Bertz CT molecular complexity index is 1120. The lowest BCUT2D eigenvalue weighted by Crippen LogP contribution is -2.52. The van der Waals surface area contributed by atoms with Gasteiger partial charge in [0.05, 0.1) is 11.4 Å². The average Bonchev–Trinajstić information content (AvgIpc) is 2.79. The van der Waals surface area contributed by atoms with Crippen molar-refractivity contribution in [1.29, 1.82) is 0 Å². The van der Waals surface area contributed by atoms with Crippen LogP contribution in [-0.2, 0) is 26.2 Å². The Labute approximate surface area is 222 Å². The Morgan fingerprint density at radius 2 is 1.57 bits per heavy atom. The molecule has 0 bridgehead atoms. The van der Waals surface area contributed by atoms with Gasteiger partial charge in [-0.2, -0.15) is 4.31 Å². The van der Waals surface area contributed by atoms with Crippen molar-refractivity contribution in [2.75, 3.05) is 20.1 Å². The zero-order chi connectivity index (χ0) is 26.3. The molecule has 0 saturated carbocycles. The standard InChI is InChI=1S/C24H30Cl3N3O4S/c1-5-22(24(32)28-13-16(2)3)30(14-19-20(26)7-6-8-21(19)27)23(31)15-29(4)35(33,34)18-11-9-17(25)10-12-18/h6-12,16,22H,5,13-15H2,1-4H3,(H,28,32)/t22-/m1/s1. The van der Waals surface area contributed by atoms with Gasteiger partial charge < -0.3 is 10.2 Å². The number of nitrogens with one attached hydrogen (secondary N) is 1. The minimum atomic E-state index is -3.97. The summed E-state index contributed by atoms with van der Waals surface area (Å²) in [5.41, 5.74) is 0.475. The number of nitrogens with zero attached hydrogens (tertiary/aromatic N) is 2. The summed E-state index contributed by atoms with van der Waals surface area (Å²) in [5.74, 6) is -0.678. The zero-order valence-corrected chi connectivity index (χ0v) is 23.2. The summed E-state index contributed by atoms with van der Waals surface area (Å²) in [7, 11) is -2.67. The lowest BCUT2D eigenvalue weighted by Gasteiger charge is -2.32. The highest BCUT2D eigenvalue weighted by Crippen LogP contribution is 2.27. The fourth-order valence-corrected chi connectivity index (χ4v) is 5.11. The second-order valence-corrected chi connectivity index (χ2v) is 11.8. The van der Waals surface area contributed by atoms with Crippen molar-refractivity contribution in [2.45, 2.75) is 44.7 Å². The topological polar surface area (TPSA) is 86.8 Å². The molecule has 0 unspecified atom stereocenters. The van der Waals surface area contributed by atoms with Gasteiger partial charge in [0.1, 0.15) is 6.04 Å². The molecule has 0 aromatic heterocycles. The minimum absolute atomic E-state index is 0.000355. The number of carbonyl (C=O) groups excluding carboxylic acids is 2. The van der Waals surface area contributed by atoms with Gasteiger partial charge in [-0.15, -0.1) is 0 Å². The third kappa shape index (κ3) is 7.82. The number of likely N-dealkylation sites (N-methyl/N-ethyl adjacent to an activating group) is 1. The Kier molecular flexibility index (Phi) is 10.9. The molecule has 1 N–H and O–H groups in total. The van der Waals surface area contributed by atoms with E-state index < -0.39 is 28.5 Å². The van der Waals surface area contributed by atoms with E-state index in [0.29, 0.717) is 33.6 Å². The number of halogens is 3. The van der Waals surface area contributed by atoms with Crippen LogP contribution in [0.3, 0.4) is 0 Å². The minimum Gasteiger partial charge on any atom is -0.354 e. The van der Waals surface area contributed by atoms with Crippen LogP contribution in [-0.4, -0.2) is 55.6 Å². The van der Waals surface area contributed by atoms with E-state index in [9.17, 15) is 18.0 Å². The van der Waals surface area contributed by atoms with Crippen LogP contribution < -0.4 is 5.32 Å². The SMILES string of the molecule is CC[C@H](C(=O)NCC(C)C)N(Cc1c(Cl)cccc1Cl)C(=O)CN(C)S(=O)(=O)c1ccc(Cl)cc1. The fourth-order valence-electron chi connectivity index (χ4n) is 3.35. The van der Waals surface area contributed by atoms with Crippen LogP contribution in [0.5, 0.6) is 0 Å². The molecule has 0 aliphatic rings. The summed E-state index contributed by atoms with van der Waals surface area (Å²) in [6.45, 7) is 5.60. The molecule has 0 fully saturated rings. The molecule has 7 nitrogen and oxygen atoms in total. The van der Waals surface area contributed by atoms with Gasteiger partial charge in [-0.1, -0.05) is 61.6 Å². The van der Waals surface area contributed by atoms with Crippen LogP contribution in [0.2, 0.25) is 15.1 Å². The maximum atomic E-state index is 13.5.